The van der Waals surface area contributed by atoms with Crippen LogP contribution in [0.2, 0.25) is 0 Å². The summed E-state index contributed by atoms with van der Waals surface area (Å²) in [7, 11) is -3.10. The van der Waals surface area contributed by atoms with Gasteiger partial charge in [0, 0.05) is 10.9 Å². The molecular weight excluding hydrogens is 454 g/mol. The van der Waals surface area contributed by atoms with E-state index in [1.54, 1.807) is 20.9 Å². The van der Waals surface area contributed by atoms with Crippen LogP contribution in [0.5, 0.6) is 0 Å². The second kappa shape index (κ2) is 9.09. The summed E-state index contributed by atoms with van der Waals surface area (Å²) in [6, 6.07) is 9.51. The van der Waals surface area contributed by atoms with Gasteiger partial charge in [0.2, 0.25) is 11.1 Å². The third-order valence-corrected chi connectivity index (χ3v) is 8.96. The fourth-order valence-electron chi connectivity index (χ4n) is 3.61. The van der Waals surface area contributed by atoms with Gasteiger partial charge in [-0.25, -0.2) is 8.42 Å². The van der Waals surface area contributed by atoms with Crippen LogP contribution in [0.1, 0.15) is 22.4 Å². The second-order valence-electron chi connectivity index (χ2n) is 7.54. The number of sulfone groups is 1. The number of carbonyl (C=O) groups excluding carboxylic acids is 1. The molecule has 1 fully saturated rings. The fraction of sp³-hybridized carbons (Fsp3) is 0.400. The van der Waals surface area contributed by atoms with Crippen LogP contribution in [0.4, 0.5) is 0 Å². The summed E-state index contributed by atoms with van der Waals surface area (Å²) in [4.78, 5) is 15.9. The third kappa shape index (κ3) is 4.99. The molecule has 3 heterocycles. The van der Waals surface area contributed by atoms with Crippen LogP contribution >= 0.6 is 23.1 Å². The number of aryl methyl sites for hydroxylation is 1. The van der Waals surface area contributed by atoms with E-state index in [1.807, 2.05) is 49.6 Å². The molecule has 0 bridgehead atoms. The first-order valence-corrected chi connectivity index (χ1v) is 13.5. The molecule has 0 saturated carbocycles. The van der Waals surface area contributed by atoms with Crippen molar-refractivity contribution in [1.82, 2.24) is 25.1 Å². The van der Waals surface area contributed by atoms with E-state index in [4.69, 9.17) is 0 Å². The van der Waals surface area contributed by atoms with Crippen molar-refractivity contribution < 1.29 is 13.2 Å². The summed E-state index contributed by atoms with van der Waals surface area (Å²) in [5, 5.41) is 14.5. The van der Waals surface area contributed by atoms with Crippen molar-refractivity contribution in [2.24, 2.45) is 0 Å². The van der Waals surface area contributed by atoms with Crippen molar-refractivity contribution in [2.75, 3.05) is 17.3 Å². The first kappa shape index (κ1) is 22.0. The molecule has 0 aliphatic carbocycles. The fourth-order valence-corrected chi connectivity index (χ4v) is 6.81. The number of amides is 1. The standard InChI is InChI=1S/C20H23N5O3S3/c1-14-5-3-7-18(15(14)2)25-20(21-22-23-25)30-12-19(26)24(11-17-6-4-9-29-17)16-8-10-31(27,28)13-16/h3-7,9,16H,8,10-13H2,1-2H3/t16-/m1/s1. The summed E-state index contributed by atoms with van der Waals surface area (Å²) < 4.78 is 25.7. The van der Waals surface area contributed by atoms with E-state index in [2.05, 4.69) is 15.5 Å². The topological polar surface area (TPSA) is 98.1 Å². The van der Waals surface area contributed by atoms with E-state index in [9.17, 15) is 13.2 Å². The van der Waals surface area contributed by atoms with Crippen molar-refractivity contribution >= 4 is 38.8 Å². The zero-order valence-electron chi connectivity index (χ0n) is 17.3. The lowest BCUT2D eigenvalue weighted by Gasteiger charge is -2.27. The molecule has 0 unspecified atom stereocenters. The predicted octanol–water partition coefficient (Wildman–Crippen LogP) is 2.65. The highest BCUT2D eigenvalue weighted by Gasteiger charge is 2.35. The first-order chi connectivity index (χ1) is 14.8. The first-order valence-electron chi connectivity index (χ1n) is 9.84. The van der Waals surface area contributed by atoms with E-state index in [-0.39, 0.29) is 29.2 Å². The molecule has 1 atom stereocenters. The minimum Gasteiger partial charge on any atom is -0.333 e. The molecule has 0 spiro atoms. The molecule has 11 heteroatoms. The van der Waals surface area contributed by atoms with E-state index >= 15 is 0 Å². The second-order valence-corrected chi connectivity index (χ2v) is 11.7. The Morgan fingerprint density at radius 1 is 1.29 bits per heavy atom. The zero-order valence-corrected chi connectivity index (χ0v) is 19.7. The number of benzene rings is 1. The van der Waals surface area contributed by atoms with Gasteiger partial charge in [-0.1, -0.05) is 30.0 Å². The molecule has 164 valence electrons. The molecule has 8 nitrogen and oxygen atoms in total. The van der Waals surface area contributed by atoms with Gasteiger partial charge in [0.25, 0.3) is 0 Å². The molecule has 1 saturated heterocycles. The summed E-state index contributed by atoms with van der Waals surface area (Å²) in [5.74, 6) is 0.169. The summed E-state index contributed by atoms with van der Waals surface area (Å²) >= 11 is 2.82. The lowest BCUT2D eigenvalue weighted by Crippen LogP contribution is -2.41. The van der Waals surface area contributed by atoms with Gasteiger partial charge in [-0.2, -0.15) is 4.68 Å². The average molecular weight is 478 g/mol. The van der Waals surface area contributed by atoms with Gasteiger partial charge in [0.1, 0.15) is 0 Å². The maximum atomic E-state index is 13.2. The quantitative estimate of drug-likeness (QED) is 0.483. The SMILES string of the molecule is Cc1cccc(-n2nnnc2SCC(=O)N(Cc2cccs2)[C@@H]2CCS(=O)(=O)C2)c1C. The van der Waals surface area contributed by atoms with E-state index in [1.165, 1.54) is 11.8 Å². The Labute approximate surface area is 189 Å². The largest absolute Gasteiger partial charge is 0.333 e. The van der Waals surface area contributed by atoms with Gasteiger partial charge in [-0.3, -0.25) is 4.79 Å². The Balaban J connectivity index is 1.51. The molecule has 31 heavy (non-hydrogen) atoms. The van der Waals surface area contributed by atoms with Crippen molar-refractivity contribution in [1.29, 1.82) is 0 Å². The summed E-state index contributed by atoms with van der Waals surface area (Å²) in [6.07, 6.45) is 0.477. The molecule has 1 aliphatic rings. The number of aromatic nitrogens is 4. The molecule has 3 aromatic rings. The molecular formula is C20H23N5O3S3. The van der Waals surface area contributed by atoms with Crippen LogP contribution in [0.15, 0.2) is 40.9 Å². The molecule has 1 amide bonds. The predicted molar refractivity (Wildman–Crippen MR) is 121 cm³/mol. The van der Waals surface area contributed by atoms with Crippen LogP contribution in [0, 0.1) is 13.8 Å². The minimum atomic E-state index is -3.10. The monoisotopic (exact) mass is 477 g/mol. The molecule has 0 radical (unpaired) electrons. The molecule has 4 rings (SSSR count). The van der Waals surface area contributed by atoms with Gasteiger partial charge in [0.15, 0.2) is 9.84 Å². The smallest absolute Gasteiger partial charge is 0.233 e. The molecule has 2 aromatic heterocycles. The normalized spacial score (nSPS) is 17.7. The third-order valence-electron chi connectivity index (χ3n) is 5.45. The highest BCUT2D eigenvalue weighted by Crippen LogP contribution is 2.26. The van der Waals surface area contributed by atoms with E-state index in [0.717, 1.165) is 21.7 Å². The summed E-state index contributed by atoms with van der Waals surface area (Å²) in [6.45, 7) is 4.45. The van der Waals surface area contributed by atoms with Crippen LogP contribution in [-0.2, 0) is 21.2 Å². The van der Waals surface area contributed by atoms with Crippen molar-refractivity contribution in [3.05, 3.63) is 51.7 Å². The summed E-state index contributed by atoms with van der Waals surface area (Å²) in [5.41, 5.74) is 3.07. The van der Waals surface area contributed by atoms with Crippen molar-refractivity contribution in [3.8, 4) is 5.69 Å². The average Bonchev–Trinajstić information content (AvgIpc) is 3.47. The number of tetrazole rings is 1. The maximum Gasteiger partial charge on any atom is 0.233 e. The zero-order chi connectivity index (χ0) is 22.0. The van der Waals surface area contributed by atoms with E-state index < -0.39 is 9.84 Å². The minimum absolute atomic E-state index is 0.0228. The van der Waals surface area contributed by atoms with Crippen molar-refractivity contribution in [2.45, 2.75) is 38.0 Å². The van der Waals surface area contributed by atoms with Gasteiger partial charge >= 0.3 is 0 Å². The number of rotatable bonds is 7. The highest BCUT2D eigenvalue weighted by molar-refractivity contribution is 7.99. The number of nitrogens with zero attached hydrogens (tertiary/aromatic N) is 5. The van der Waals surface area contributed by atoms with E-state index in [0.29, 0.717) is 18.1 Å². The van der Waals surface area contributed by atoms with Crippen molar-refractivity contribution in [3.63, 3.8) is 0 Å². The Morgan fingerprint density at radius 2 is 2.13 bits per heavy atom. The Morgan fingerprint density at radius 3 is 2.84 bits per heavy atom. The van der Waals surface area contributed by atoms with Gasteiger partial charge in [-0.15, -0.1) is 16.4 Å². The lowest BCUT2D eigenvalue weighted by atomic mass is 10.1. The van der Waals surface area contributed by atoms with Gasteiger partial charge in [-0.05, 0) is 59.3 Å². The van der Waals surface area contributed by atoms with Gasteiger partial charge in [0.05, 0.1) is 29.5 Å². The lowest BCUT2D eigenvalue weighted by molar-refractivity contribution is -0.130. The van der Waals surface area contributed by atoms with Crippen LogP contribution < -0.4 is 0 Å². The van der Waals surface area contributed by atoms with Gasteiger partial charge < -0.3 is 4.90 Å². The van der Waals surface area contributed by atoms with Crippen LogP contribution in [-0.4, -0.2) is 62.7 Å². The molecule has 1 aliphatic heterocycles. The molecule has 0 N–H and O–H groups in total. The van der Waals surface area contributed by atoms with Crippen LogP contribution in [0.3, 0.4) is 0 Å². The Hall–Kier alpha value is -2.24. The maximum absolute atomic E-state index is 13.2. The Bertz CT molecular complexity index is 1170. The molecule has 1 aromatic carbocycles. The number of hydrogen-bond donors (Lipinski definition) is 0. The highest BCUT2D eigenvalue weighted by atomic mass is 32.2. The number of thioether (sulfide) groups is 1. The number of carbonyl (C=O) groups is 1. The Kier molecular flexibility index (Phi) is 6.44. The number of hydrogen-bond acceptors (Lipinski definition) is 8. The van der Waals surface area contributed by atoms with Crippen LogP contribution in [0.25, 0.3) is 5.69 Å². The number of thiophene rings is 1.